The number of amides is 2. The fourth-order valence-corrected chi connectivity index (χ4v) is 5.08. The van der Waals surface area contributed by atoms with Crippen molar-refractivity contribution in [3.8, 4) is 0 Å². The number of anilines is 1. The number of aryl methyl sites for hydroxylation is 1. The number of fused-ring (bicyclic) bond motifs is 2. The van der Waals surface area contributed by atoms with Crippen molar-refractivity contribution in [1.82, 2.24) is 10.6 Å². The highest BCUT2D eigenvalue weighted by Gasteiger charge is 2.32. The van der Waals surface area contributed by atoms with E-state index in [0.29, 0.717) is 13.0 Å². The average Bonchev–Trinajstić information content (AvgIpc) is 3.10. The van der Waals surface area contributed by atoms with Gasteiger partial charge in [0, 0.05) is 14.9 Å². The van der Waals surface area contributed by atoms with Gasteiger partial charge in [-0.1, -0.05) is 34.1 Å². The second-order valence-corrected chi connectivity index (χ2v) is 9.39. The number of thiophene rings is 1. The predicted octanol–water partition coefficient (Wildman–Crippen LogP) is 4.24. The molecule has 0 spiro atoms. The predicted molar refractivity (Wildman–Crippen MR) is 126 cm³/mol. The van der Waals surface area contributed by atoms with Crippen molar-refractivity contribution < 1.29 is 9.59 Å². The van der Waals surface area contributed by atoms with Crippen molar-refractivity contribution in [2.24, 2.45) is 0 Å². The van der Waals surface area contributed by atoms with Gasteiger partial charge in [0.1, 0.15) is 6.04 Å². The van der Waals surface area contributed by atoms with Gasteiger partial charge in [0.15, 0.2) is 0 Å². The van der Waals surface area contributed by atoms with E-state index >= 15 is 0 Å². The van der Waals surface area contributed by atoms with Gasteiger partial charge in [0.05, 0.1) is 12.6 Å². The van der Waals surface area contributed by atoms with E-state index in [4.69, 9.17) is 0 Å². The van der Waals surface area contributed by atoms with Crippen LogP contribution in [0.5, 0.6) is 0 Å². The molecule has 0 saturated carbocycles. The van der Waals surface area contributed by atoms with Crippen molar-refractivity contribution in [3.63, 3.8) is 0 Å². The van der Waals surface area contributed by atoms with E-state index in [2.05, 4.69) is 50.1 Å². The molecule has 1 aliphatic rings. The number of nitrogens with one attached hydrogen (secondary N) is 2. The number of carbonyl (C=O) groups is 2. The lowest BCUT2D eigenvalue weighted by atomic mass is 10.1. The second kappa shape index (κ2) is 8.88. The molecule has 1 aliphatic heterocycles. The summed E-state index contributed by atoms with van der Waals surface area (Å²) in [5, 5.41) is 9.15. The Morgan fingerprint density at radius 2 is 2.10 bits per heavy atom. The zero-order valence-corrected chi connectivity index (χ0v) is 19.3. The molecule has 2 amide bonds. The van der Waals surface area contributed by atoms with E-state index in [1.54, 1.807) is 25.3 Å². The minimum atomic E-state index is -0.544. The first-order chi connectivity index (χ1) is 14.5. The van der Waals surface area contributed by atoms with Crippen molar-refractivity contribution in [3.05, 3.63) is 63.4 Å². The lowest BCUT2D eigenvalue weighted by Crippen LogP contribution is -2.52. The molecule has 2 N–H and O–H groups in total. The number of para-hydroxylation sites is 1. The third kappa shape index (κ3) is 4.15. The number of likely N-dealkylation sites (N-methyl/N-ethyl adjacent to an activating group) is 1. The van der Waals surface area contributed by atoms with Crippen molar-refractivity contribution in [2.45, 2.75) is 38.4 Å². The molecule has 2 aromatic carbocycles. The van der Waals surface area contributed by atoms with Crippen LogP contribution in [0.25, 0.3) is 10.1 Å². The van der Waals surface area contributed by atoms with E-state index in [1.807, 2.05) is 29.2 Å². The number of nitrogens with zero attached hydrogens (tertiary/aromatic N) is 1. The minimum Gasteiger partial charge on any atom is -0.343 e. The normalized spacial score (nSPS) is 17.5. The first-order valence-electron chi connectivity index (χ1n) is 10.0. The zero-order valence-electron chi connectivity index (χ0n) is 16.9. The van der Waals surface area contributed by atoms with E-state index < -0.39 is 6.04 Å². The van der Waals surface area contributed by atoms with Crippen LogP contribution in [0.2, 0.25) is 0 Å². The largest absolute Gasteiger partial charge is 0.343 e. The molecule has 5 nitrogen and oxygen atoms in total. The van der Waals surface area contributed by atoms with Crippen LogP contribution >= 0.6 is 27.3 Å². The van der Waals surface area contributed by atoms with Gasteiger partial charge in [0.2, 0.25) is 11.8 Å². The van der Waals surface area contributed by atoms with Gasteiger partial charge in [-0.2, -0.15) is 0 Å². The molecule has 156 valence electrons. The molecular formula is C23H24BrN3O2S. The van der Waals surface area contributed by atoms with Gasteiger partial charge in [-0.05, 0) is 73.0 Å². The van der Waals surface area contributed by atoms with Crippen LogP contribution in [0.4, 0.5) is 5.69 Å². The van der Waals surface area contributed by atoms with Crippen molar-refractivity contribution in [1.29, 1.82) is 0 Å². The maximum Gasteiger partial charge on any atom is 0.249 e. The Morgan fingerprint density at radius 1 is 1.30 bits per heavy atom. The Kier molecular flexibility index (Phi) is 6.22. The summed E-state index contributed by atoms with van der Waals surface area (Å²) in [5.74, 6) is -0.224. The fraction of sp³-hybridized carbons (Fsp3) is 0.304. The summed E-state index contributed by atoms with van der Waals surface area (Å²) in [6.45, 7) is 2.26. The molecule has 0 radical (unpaired) electrons. The minimum absolute atomic E-state index is 0.0639. The third-order valence-corrected chi connectivity index (χ3v) is 7.14. The van der Waals surface area contributed by atoms with Gasteiger partial charge in [0.25, 0.3) is 0 Å². The zero-order chi connectivity index (χ0) is 21.3. The van der Waals surface area contributed by atoms with Crippen LogP contribution in [0, 0.1) is 0 Å². The Labute approximate surface area is 188 Å². The number of rotatable bonds is 5. The molecule has 2 heterocycles. The molecule has 3 aromatic rings. The highest BCUT2D eigenvalue weighted by atomic mass is 79.9. The third-order valence-electron chi connectivity index (χ3n) is 5.64. The molecule has 30 heavy (non-hydrogen) atoms. The topological polar surface area (TPSA) is 61.4 Å². The molecule has 1 unspecified atom stereocenters. The lowest BCUT2D eigenvalue weighted by Gasteiger charge is -2.27. The number of hydrogen-bond donors (Lipinski definition) is 2. The molecule has 2 atom stereocenters. The SMILES string of the molecule is CN[C@@H](C)C(=O)NC1CCc2ccccc2N(Cc2csc3ccc(Br)cc23)C1=O. The molecule has 4 rings (SSSR count). The maximum atomic E-state index is 13.6. The second-order valence-electron chi connectivity index (χ2n) is 7.56. The van der Waals surface area contributed by atoms with Crippen molar-refractivity contribution in [2.75, 3.05) is 11.9 Å². The van der Waals surface area contributed by atoms with Gasteiger partial charge in [-0.15, -0.1) is 11.3 Å². The Bertz CT molecular complexity index is 1100. The number of carbonyl (C=O) groups excluding carboxylic acids is 2. The van der Waals surface area contributed by atoms with E-state index in [0.717, 1.165) is 33.1 Å². The van der Waals surface area contributed by atoms with Gasteiger partial charge in [-0.25, -0.2) is 0 Å². The standard InChI is InChI=1S/C23H24BrN3O2S/c1-14(25-2)22(28)26-19-9-7-15-5-3-4-6-20(15)27(23(19)29)12-16-13-30-21-10-8-17(24)11-18(16)21/h3-6,8,10-11,13-14,19,25H,7,9,12H2,1-2H3,(H,26,28)/t14-,19?/m0/s1. The van der Waals surface area contributed by atoms with Crippen LogP contribution in [0.1, 0.15) is 24.5 Å². The first kappa shape index (κ1) is 21.0. The molecular weight excluding hydrogens is 462 g/mol. The summed E-state index contributed by atoms with van der Waals surface area (Å²) >= 11 is 5.23. The average molecular weight is 486 g/mol. The van der Waals surface area contributed by atoms with Crippen LogP contribution in [-0.4, -0.2) is 30.9 Å². The molecule has 0 fully saturated rings. The van der Waals surface area contributed by atoms with E-state index in [1.165, 1.54) is 4.70 Å². The van der Waals surface area contributed by atoms with E-state index in [-0.39, 0.29) is 17.9 Å². The molecule has 0 saturated heterocycles. The fourth-order valence-electron chi connectivity index (χ4n) is 3.79. The van der Waals surface area contributed by atoms with Gasteiger partial charge < -0.3 is 15.5 Å². The van der Waals surface area contributed by atoms with E-state index in [9.17, 15) is 9.59 Å². The Morgan fingerprint density at radius 3 is 2.90 bits per heavy atom. The summed E-state index contributed by atoms with van der Waals surface area (Å²) in [6, 6.07) is 13.4. The number of hydrogen-bond acceptors (Lipinski definition) is 4. The lowest BCUT2D eigenvalue weighted by molar-refractivity contribution is -0.128. The number of halogens is 1. The van der Waals surface area contributed by atoms with Crippen LogP contribution in [0.3, 0.4) is 0 Å². The highest BCUT2D eigenvalue weighted by molar-refractivity contribution is 9.10. The molecule has 0 bridgehead atoms. The Balaban J connectivity index is 1.69. The highest BCUT2D eigenvalue weighted by Crippen LogP contribution is 2.33. The summed E-state index contributed by atoms with van der Waals surface area (Å²) in [5.41, 5.74) is 3.16. The smallest absolute Gasteiger partial charge is 0.249 e. The van der Waals surface area contributed by atoms with Gasteiger partial charge in [-0.3, -0.25) is 9.59 Å². The first-order valence-corrected chi connectivity index (χ1v) is 11.7. The van der Waals surface area contributed by atoms with Crippen LogP contribution in [-0.2, 0) is 22.6 Å². The summed E-state index contributed by atoms with van der Waals surface area (Å²) in [6.07, 6.45) is 1.33. The summed E-state index contributed by atoms with van der Waals surface area (Å²) in [4.78, 5) is 27.9. The monoisotopic (exact) mass is 485 g/mol. The van der Waals surface area contributed by atoms with Crippen LogP contribution < -0.4 is 15.5 Å². The van der Waals surface area contributed by atoms with Gasteiger partial charge >= 0.3 is 0 Å². The van der Waals surface area contributed by atoms with Crippen LogP contribution in [0.15, 0.2) is 52.3 Å². The quantitative estimate of drug-likeness (QED) is 0.568. The summed E-state index contributed by atoms with van der Waals surface area (Å²) in [7, 11) is 1.74. The molecule has 1 aromatic heterocycles. The molecule has 7 heteroatoms. The molecule has 0 aliphatic carbocycles. The summed E-state index contributed by atoms with van der Waals surface area (Å²) < 4.78 is 2.21. The number of benzene rings is 2. The Hall–Kier alpha value is -2.22. The maximum absolute atomic E-state index is 13.6. The van der Waals surface area contributed by atoms with Crippen molar-refractivity contribution >= 4 is 54.9 Å².